The largest absolute Gasteiger partial charge is 0.491 e. The van der Waals surface area contributed by atoms with E-state index in [0.29, 0.717) is 5.75 Å². The van der Waals surface area contributed by atoms with Crippen molar-refractivity contribution in [2.24, 2.45) is 0 Å². The number of ether oxygens (including phenoxy) is 1. The smallest absolute Gasteiger partial charge is 0.195 e. The summed E-state index contributed by atoms with van der Waals surface area (Å²) < 4.78 is 7.66. The molecule has 136 valence electrons. The van der Waals surface area contributed by atoms with Crippen LogP contribution in [-0.2, 0) is 0 Å². The zero-order chi connectivity index (χ0) is 18.5. The van der Waals surface area contributed by atoms with Crippen molar-refractivity contribution in [1.82, 2.24) is 14.8 Å². The van der Waals surface area contributed by atoms with E-state index in [2.05, 4.69) is 16.3 Å². The predicted molar refractivity (Wildman–Crippen MR) is 108 cm³/mol. The fraction of sp³-hybridized carbons (Fsp3) is 0.143. The molecule has 0 bridgehead atoms. The molecule has 3 aromatic carbocycles. The Kier molecular flexibility index (Phi) is 5.37. The van der Waals surface area contributed by atoms with Gasteiger partial charge in [0.05, 0.1) is 6.10 Å². The van der Waals surface area contributed by atoms with Crippen molar-refractivity contribution >= 4 is 22.5 Å². The topological polar surface area (TPSA) is 60.2 Å². The van der Waals surface area contributed by atoms with Gasteiger partial charge in [0.1, 0.15) is 18.7 Å². The Morgan fingerprint density at radius 2 is 1.74 bits per heavy atom. The molecule has 6 heteroatoms. The van der Waals surface area contributed by atoms with E-state index >= 15 is 0 Å². The third-order valence-corrected chi connectivity index (χ3v) is 5.21. The first kappa shape index (κ1) is 17.6. The van der Waals surface area contributed by atoms with E-state index in [1.54, 1.807) is 6.33 Å². The fourth-order valence-electron chi connectivity index (χ4n) is 2.76. The molecule has 0 saturated carbocycles. The molecule has 0 saturated heterocycles. The first-order chi connectivity index (χ1) is 13.3. The summed E-state index contributed by atoms with van der Waals surface area (Å²) in [7, 11) is 0. The van der Waals surface area contributed by atoms with Gasteiger partial charge in [-0.3, -0.25) is 4.57 Å². The van der Waals surface area contributed by atoms with Gasteiger partial charge in [-0.15, -0.1) is 10.2 Å². The first-order valence-corrected chi connectivity index (χ1v) is 9.66. The molecule has 1 unspecified atom stereocenters. The van der Waals surface area contributed by atoms with E-state index in [1.807, 2.05) is 71.3 Å². The molecule has 5 nitrogen and oxygen atoms in total. The standard InChI is InChI=1S/C21H19N3O2S/c25-19(13-26-20-11-10-16-6-4-5-7-17(16)12-20)14-27-21-23-22-15-24(21)18-8-2-1-3-9-18/h1-12,15,19,25H,13-14H2. The summed E-state index contributed by atoms with van der Waals surface area (Å²) in [5.41, 5.74) is 0.993. The average molecular weight is 377 g/mol. The van der Waals surface area contributed by atoms with Gasteiger partial charge in [-0.05, 0) is 35.0 Å². The van der Waals surface area contributed by atoms with E-state index in [9.17, 15) is 5.11 Å². The maximum absolute atomic E-state index is 10.3. The summed E-state index contributed by atoms with van der Waals surface area (Å²) in [6.45, 7) is 0.227. The summed E-state index contributed by atoms with van der Waals surface area (Å²) in [6.07, 6.45) is 1.07. The highest BCUT2D eigenvalue weighted by Gasteiger charge is 2.11. The Labute approximate surface area is 161 Å². The number of thioether (sulfide) groups is 1. The molecule has 4 aromatic rings. The Morgan fingerprint density at radius 3 is 2.59 bits per heavy atom. The maximum Gasteiger partial charge on any atom is 0.195 e. The third-order valence-electron chi connectivity index (χ3n) is 4.12. The number of hydrogen-bond donors (Lipinski definition) is 1. The molecule has 1 heterocycles. The van der Waals surface area contributed by atoms with Gasteiger partial charge in [-0.1, -0.05) is 60.3 Å². The molecule has 1 atom stereocenters. The van der Waals surface area contributed by atoms with Crippen LogP contribution in [0.25, 0.3) is 16.5 Å². The number of aliphatic hydroxyl groups is 1. The molecule has 0 fully saturated rings. The lowest BCUT2D eigenvalue weighted by molar-refractivity contribution is 0.126. The molecule has 1 N–H and O–H groups in total. The summed E-state index contributed by atoms with van der Waals surface area (Å²) in [5.74, 6) is 1.23. The Bertz CT molecular complexity index is 1020. The number of para-hydroxylation sites is 1. The van der Waals surface area contributed by atoms with Crippen molar-refractivity contribution in [1.29, 1.82) is 0 Å². The highest BCUT2D eigenvalue weighted by Crippen LogP contribution is 2.22. The molecule has 4 rings (SSSR count). The van der Waals surface area contributed by atoms with Crippen molar-refractivity contribution in [3.63, 3.8) is 0 Å². The van der Waals surface area contributed by atoms with Crippen LogP contribution in [0, 0.1) is 0 Å². The normalized spacial score (nSPS) is 12.2. The van der Waals surface area contributed by atoms with Crippen LogP contribution < -0.4 is 4.74 Å². The zero-order valence-corrected chi connectivity index (χ0v) is 15.4. The number of rotatable bonds is 7. The number of aliphatic hydroxyl groups excluding tert-OH is 1. The van der Waals surface area contributed by atoms with Gasteiger partial charge in [0.15, 0.2) is 5.16 Å². The van der Waals surface area contributed by atoms with Crippen LogP contribution in [0.3, 0.4) is 0 Å². The molecule has 0 aliphatic rings. The lowest BCUT2D eigenvalue weighted by Gasteiger charge is -2.13. The van der Waals surface area contributed by atoms with Crippen LogP contribution in [-0.4, -0.2) is 38.3 Å². The molecular weight excluding hydrogens is 358 g/mol. The second-order valence-corrected chi connectivity index (χ2v) is 7.09. The molecule has 0 aliphatic heterocycles. The molecule has 0 radical (unpaired) electrons. The summed E-state index contributed by atoms with van der Waals surface area (Å²) in [6, 6.07) is 23.9. The van der Waals surface area contributed by atoms with Crippen molar-refractivity contribution < 1.29 is 9.84 Å². The van der Waals surface area contributed by atoms with Gasteiger partial charge in [0.25, 0.3) is 0 Å². The summed E-state index contributed by atoms with van der Waals surface area (Å²) >= 11 is 1.45. The van der Waals surface area contributed by atoms with E-state index in [0.717, 1.165) is 22.0 Å². The van der Waals surface area contributed by atoms with Crippen molar-refractivity contribution in [2.45, 2.75) is 11.3 Å². The van der Waals surface area contributed by atoms with Crippen LogP contribution in [0.15, 0.2) is 84.3 Å². The van der Waals surface area contributed by atoms with Gasteiger partial charge in [0.2, 0.25) is 0 Å². The minimum Gasteiger partial charge on any atom is -0.491 e. The first-order valence-electron chi connectivity index (χ1n) is 8.67. The van der Waals surface area contributed by atoms with Crippen LogP contribution in [0.1, 0.15) is 0 Å². The van der Waals surface area contributed by atoms with Gasteiger partial charge < -0.3 is 9.84 Å². The minimum atomic E-state index is -0.609. The van der Waals surface area contributed by atoms with Crippen LogP contribution in [0.4, 0.5) is 0 Å². The second kappa shape index (κ2) is 8.24. The lowest BCUT2D eigenvalue weighted by Crippen LogP contribution is -2.20. The van der Waals surface area contributed by atoms with Crippen molar-refractivity contribution in [2.75, 3.05) is 12.4 Å². The summed E-state index contributed by atoms with van der Waals surface area (Å²) in [5, 5.41) is 21.4. The maximum atomic E-state index is 10.3. The zero-order valence-electron chi connectivity index (χ0n) is 14.6. The predicted octanol–water partition coefficient (Wildman–Crippen LogP) is 3.95. The molecular formula is C21H19N3O2S. The fourth-order valence-corrected chi connectivity index (χ4v) is 3.59. The average Bonchev–Trinajstić information content (AvgIpc) is 3.20. The van der Waals surface area contributed by atoms with Gasteiger partial charge in [0, 0.05) is 11.4 Å². The summed E-state index contributed by atoms with van der Waals surface area (Å²) in [4.78, 5) is 0. The number of nitrogens with zero attached hydrogens (tertiary/aromatic N) is 3. The lowest BCUT2D eigenvalue weighted by atomic mass is 10.1. The van der Waals surface area contributed by atoms with Crippen molar-refractivity contribution in [3.8, 4) is 11.4 Å². The Morgan fingerprint density at radius 1 is 0.963 bits per heavy atom. The number of aromatic nitrogens is 3. The van der Waals surface area contributed by atoms with Gasteiger partial charge in [-0.2, -0.15) is 0 Å². The second-order valence-electron chi connectivity index (χ2n) is 6.10. The van der Waals surface area contributed by atoms with Gasteiger partial charge >= 0.3 is 0 Å². The highest BCUT2D eigenvalue weighted by molar-refractivity contribution is 7.99. The van der Waals surface area contributed by atoms with E-state index in [4.69, 9.17) is 4.74 Å². The number of benzene rings is 3. The molecule has 0 aliphatic carbocycles. The quantitative estimate of drug-likeness (QED) is 0.494. The van der Waals surface area contributed by atoms with Crippen LogP contribution in [0.5, 0.6) is 5.75 Å². The van der Waals surface area contributed by atoms with Gasteiger partial charge in [-0.25, -0.2) is 0 Å². The third kappa shape index (κ3) is 4.30. The SMILES string of the molecule is OC(COc1ccc2ccccc2c1)CSc1nncn1-c1ccccc1. The van der Waals surface area contributed by atoms with E-state index < -0.39 is 6.10 Å². The molecule has 1 aromatic heterocycles. The number of hydrogen-bond acceptors (Lipinski definition) is 5. The van der Waals surface area contributed by atoms with Crippen molar-refractivity contribution in [3.05, 3.63) is 79.1 Å². The molecule has 0 amide bonds. The minimum absolute atomic E-state index is 0.227. The monoisotopic (exact) mass is 377 g/mol. The molecule has 0 spiro atoms. The van der Waals surface area contributed by atoms with Crippen LogP contribution >= 0.6 is 11.8 Å². The Balaban J connectivity index is 1.33. The van der Waals surface area contributed by atoms with E-state index in [-0.39, 0.29) is 6.61 Å². The molecule has 27 heavy (non-hydrogen) atoms. The Hall–Kier alpha value is -2.83. The van der Waals surface area contributed by atoms with E-state index in [1.165, 1.54) is 17.1 Å². The van der Waals surface area contributed by atoms with Crippen LogP contribution in [0.2, 0.25) is 0 Å². The highest BCUT2D eigenvalue weighted by atomic mass is 32.2. The number of fused-ring (bicyclic) bond motifs is 1.